The maximum absolute atomic E-state index is 8.36. The van der Waals surface area contributed by atoms with Crippen molar-refractivity contribution < 1.29 is 19.4 Å². The molecule has 0 spiro atoms. The molecule has 1 aliphatic heterocycles. The number of carbonyl (C=O) groups is 1. The lowest BCUT2D eigenvalue weighted by Gasteiger charge is -2.15. The molecule has 1 atom stereocenters. The molecular formula is C14H23N3O4. The van der Waals surface area contributed by atoms with Gasteiger partial charge in [-0.2, -0.15) is 0 Å². The van der Waals surface area contributed by atoms with Crippen molar-refractivity contribution in [1.82, 2.24) is 14.9 Å². The van der Waals surface area contributed by atoms with Crippen LogP contribution in [0, 0.1) is 0 Å². The Morgan fingerprint density at radius 3 is 2.62 bits per heavy atom. The summed E-state index contributed by atoms with van der Waals surface area (Å²) in [5.41, 5.74) is 1.16. The Bertz CT molecular complexity index is 400. The van der Waals surface area contributed by atoms with Crippen molar-refractivity contribution in [2.24, 2.45) is 0 Å². The highest BCUT2D eigenvalue weighted by molar-refractivity contribution is 5.32. The van der Waals surface area contributed by atoms with Crippen LogP contribution in [0.1, 0.15) is 17.8 Å². The number of methoxy groups -OCH3 is 2. The fourth-order valence-corrected chi connectivity index (χ4v) is 2.18. The van der Waals surface area contributed by atoms with Gasteiger partial charge in [0.05, 0.1) is 12.7 Å². The van der Waals surface area contributed by atoms with Crippen molar-refractivity contribution in [3.05, 3.63) is 23.8 Å². The van der Waals surface area contributed by atoms with Gasteiger partial charge in [0, 0.05) is 58.2 Å². The molecule has 0 saturated carbocycles. The van der Waals surface area contributed by atoms with Gasteiger partial charge in [0.15, 0.2) is 0 Å². The fourth-order valence-electron chi connectivity index (χ4n) is 2.18. The zero-order valence-electron chi connectivity index (χ0n) is 12.6. The third kappa shape index (κ3) is 6.61. The quantitative estimate of drug-likeness (QED) is 0.769. The molecule has 1 aromatic heterocycles. The number of ether oxygens (including phenoxy) is 2. The molecule has 1 aromatic rings. The number of hydrogen-bond acceptors (Lipinski definition) is 6. The molecule has 0 radical (unpaired) electrons. The maximum atomic E-state index is 8.36. The summed E-state index contributed by atoms with van der Waals surface area (Å²) in [7, 11) is 3.47. The lowest BCUT2D eigenvalue weighted by molar-refractivity contribution is -0.122. The Labute approximate surface area is 124 Å². The fraction of sp³-hybridized carbons (Fsp3) is 0.643. The Morgan fingerprint density at radius 1 is 1.43 bits per heavy atom. The molecule has 2 rings (SSSR count). The van der Waals surface area contributed by atoms with Crippen molar-refractivity contribution in [2.75, 3.05) is 33.9 Å². The van der Waals surface area contributed by atoms with E-state index in [9.17, 15) is 0 Å². The van der Waals surface area contributed by atoms with Gasteiger partial charge in [-0.1, -0.05) is 0 Å². The van der Waals surface area contributed by atoms with Crippen LogP contribution in [0.4, 0.5) is 0 Å². The first-order chi connectivity index (χ1) is 10.2. The van der Waals surface area contributed by atoms with Crippen molar-refractivity contribution >= 4 is 6.47 Å². The summed E-state index contributed by atoms with van der Waals surface area (Å²) >= 11 is 0. The predicted molar refractivity (Wildman–Crippen MR) is 77.0 cm³/mol. The summed E-state index contributed by atoms with van der Waals surface area (Å²) < 4.78 is 10.4. The lowest BCUT2D eigenvalue weighted by atomic mass is 10.3. The van der Waals surface area contributed by atoms with E-state index in [-0.39, 0.29) is 6.47 Å². The number of carboxylic acid groups (broad SMARTS) is 1. The highest BCUT2D eigenvalue weighted by Crippen LogP contribution is 2.14. The molecule has 118 valence electrons. The van der Waals surface area contributed by atoms with Crippen LogP contribution in [0.2, 0.25) is 0 Å². The minimum Gasteiger partial charge on any atom is -0.483 e. The highest BCUT2D eigenvalue weighted by Gasteiger charge is 2.21. The summed E-state index contributed by atoms with van der Waals surface area (Å²) in [5.74, 6) is 0.844. The van der Waals surface area contributed by atoms with Gasteiger partial charge in [-0.25, -0.2) is 9.97 Å². The molecule has 7 nitrogen and oxygen atoms in total. The smallest absolute Gasteiger partial charge is 0.290 e. The zero-order valence-corrected chi connectivity index (χ0v) is 12.6. The first-order valence-corrected chi connectivity index (χ1v) is 6.85. The van der Waals surface area contributed by atoms with Crippen LogP contribution in [0.15, 0.2) is 12.4 Å². The molecule has 1 saturated heterocycles. The van der Waals surface area contributed by atoms with Crippen LogP contribution in [-0.4, -0.2) is 66.5 Å². The SMILES string of the molecule is COCCc1ncc(CN2CCC(OC)C2)cn1.O=CO. The number of rotatable bonds is 6. The van der Waals surface area contributed by atoms with Gasteiger partial charge in [0.2, 0.25) is 0 Å². The van der Waals surface area contributed by atoms with Gasteiger partial charge in [-0.3, -0.25) is 9.69 Å². The molecule has 1 N–H and O–H groups in total. The Balaban J connectivity index is 0.000000677. The minimum atomic E-state index is -0.250. The summed E-state index contributed by atoms with van der Waals surface area (Å²) in [6, 6.07) is 0. The van der Waals surface area contributed by atoms with E-state index in [1.807, 2.05) is 12.4 Å². The monoisotopic (exact) mass is 297 g/mol. The average molecular weight is 297 g/mol. The van der Waals surface area contributed by atoms with E-state index in [2.05, 4.69) is 14.9 Å². The average Bonchev–Trinajstić information content (AvgIpc) is 2.95. The van der Waals surface area contributed by atoms with Crippen LogP contribution in [0.5, 0.6) is 0 Å². The van der Waals surface area contributed by atoms with Crippen molar-refractivity contribution in [2.45, 2.75) is 25.5 Å². The summed E-state index contributed by atoms with van der Waals surface area (Å²) in [5, 5.41) is 6.89. The molecule has 1 unspecified atom stereocenters. The molecule has 1 fully saturated rings. The number of nitrogens with zero attached hydrogens (tertiary/aromatic N) is 3. The van der Waals surface area contributed by atoms with Gasteiger partial charge in [0.25, 0.3) is 6.47 Å². The van der Waals surface area contributed by atoms with E-state index in [0.717, 1.165) is 43.9 Å². The van der Waals surface area contributed by atoms with Gasteiger partial charge in [0.1, 0.15) is 5.82 Å². The summed E-state index contributed by atoms with van der Waals surface area (Å²) in [4.78, 5) is 19.4. The number of aromatic nitrogens is 2. The van der Waals surface area contributed by atoms with E-state index in [1.165, 1.54) is 0 Å². The van der Waals surface area contributed by atoms with Crippen molar-refractivity contribution in [1.29, 1.82) is 0 Å². The van der Waals surface area contributed by atoms with Crippen LogP contribution >= 0.6 is 0 Å². The van der Waals surface area contributed by atoms with Crippen LogP contribution < -0.4 is 0 Å². The Morgan fingerprint density at radius 2 is 2.10 bits per heavy atom. The van der Waals surface area contributed by atoms with Gasteiger partial charge < -0.3 is 14.6 Å². The molecule has 1 aliphatic rings. The standard InChI is InChI=1S/C13H21N3O2.CH2O2/c1-17-6-4-13-14-7-11(8-15-13)9-16-5-3-12(10-16)18-2;2-1-3/h7-8,12H,3-6,9-10H2,1-2H3;1H,(H,2,3). The van der Waals surface area contributed by atoms with Gasteiger partial charge in [-0.15, -0.1) is 0 Å². The Kier molecular flexibility index (Phi) is 8.49. The lowest BCUT2D eigenvalue weighted by Crippen LogP contribution is -2.22. The second-order valence-corrected chi connectivity index (χ2v) is 4.74. The van der Waals surface area contributed by atoms with Crippen LogP contribution in [0.3, 0.4) is 0 Å². The van der Waals surface area contributed by atoms with Crippen LogP contribution in [-0.2, 0) is 27.2 Å². The number of likely N-dealkylation sites (tertiary alicyclic amines) is 1. The number of hydrogen-bond donors (Lipinski definition) is 1. The summed E-state index contributed by atoms with van der Waals surface area (Å²) in [6.07, 6.45) is 6.10. The highest BCUT2D eigenvalue weighted by atomic mass is 16.5. The normalized spacial score (nSPS) is 18.1. The summed E-state index contributed by atoms with van der Waals surface area (Å²) in [6.45, 7) is 3.41. The Hall–Kier alpha value is -1.57. The molecule has 0 bridgehead atoms. The van der Waals surface area contributed by atoms with E-state index < -0.39 is 0 Å². The molecule has 21 heavy (non-hydrogen) atoms. The van der Waals surface area contributed by atoms with Crippen LogP contribution in [0.25, 0.3) is 0 Å². The minimum absolute atomic E-state index is 0.250. The first kappa shape index (κ1) is 17.5. The predicted octanol–water partition coefficient (Wildman–Crippen LogP) is 0.587. The van der Waals surface area contributed by atoms with E-state index in [4.69, 9.17) is 19.4 Å². The van der Waals surface area contributed by atoms with E-state index in [0.29, 0.717) is 12.7 Å². The third-order valence-corrected chi connectivity index (χ3v) is 3.26. The zero-order chi connectivity index (χ0) is 15.5. The molecule has 7 heteroatoms. The second kappa shape index (κ2) is 10.2. The molecular weight excluding hydrogens is 274 g/mol. The van der Waals surface area contributed by atoms with Crippen molar-refractivity contribution in [3.8, 4) is 0 Å². The first-order valence-electron chi connectivity index (χ1n) is 6.85. The van der Waals surface area contributed by atoms with Gasteiger partial charge >= 0.3 is 0 Å². The van der Waals surface area contributed by atoms with E-state index >= 15 is 0 Å². The largest absolute Gasteiger partial charge is 0.483 e. The topological polar surface area (TPSA) is 84.8 Å². The molecule has 0 aliphatic carbocycles. The third-order valence-electron chi connectivity index (χ3n) is 3.26. The molecule has 0 amide bonds. The molecule has 2 heterocycles. The maximum Gasteiger partial charge on any atom is 0.290 e. The van der Waals surface area contributed by atoms with Gasteiger partial charge in [-0.05, 0) is 6.42 Å². The van der Waals surface area contributed by atoms with Crippen molar-refractivity contribution in [3.63, 3.8) is 0 Å². The second-order valence-electron chi connectivity index (χ2n) is 4.74. The molecule has 0 aromatic carbocycles. The van der Waals surface area contributed by atoms with E-state index in [1.54, 1.807) is 14.2 Å².